The van der Waals surface area contributed by atoms with Crippen LogP contribution in [-0.2, 0) is 10.5 Å². The van der Waals surface area contributed by atoms with Crippen LogP contribution in [0.5, 0.6) is 0 Å². The number of thioether (sulfide) groups is 2. The highest BCUT2D eigenvalue weighted by molar-refractivity contribution is 9.10. The fourth-order valence-corrected chi connectivity index (χ4v) is 6.21. The topological polar surface area (TPSA) is 117 Å². The monoisotopic (exact) mass is 513 g/mol. The van der Waals surface area contributed by atoms with Crippen LogP contribution in [0.15, 0.2) is 73.5 Å². The second-order valence-corrected chi connectivity index (χ2v) is 10.3. The summed E-state index contributed by atoms with van der Waals surface area (Å²) in [4.78, 5) is 18.9. The predicted molar refractivity (Wildman–Crippen MR) is 130 cm³/mol. The molecule has 3 atom stereocenters. The summed E-state index contributed by atoms with van der Waals surface area (Å²) in [6.07, 6.45) is 0.491. The number of amidine groups is 1. The summed E-state index contributed by atoms with van der Waals surface area (Å²) in [6.45, 7) is 0. The minimum Gasteiger partial charge on any atom is -0.401 e. The first-order chi connectivity index (χ1) is 15.0. The molecule has 2 aliphatic rings. The first-order valence-corrected chi connectivity index (χ1v) is 12.3. The molecule has 2 aliphatic heterocycles. The molecule has 3 unspecified atom stereocenters. The van der Waals surface area contributed by atoms with Crippen LogP contribution in [0.4, 0.5) is 5.69 Å². The van der Waals surface area contributed by atoms with E-state index in [-0.39, 0.29) is 17.2 Å². The molecule has 1 amide bonds. The van der Waals surface area contributed by atoms with Crippen molar-refractivity contribution in [1.82, 2.24) is 0 Å². The third-order valence-electron chi connectivity index (χ3n) is 5.15. The molecule has 2 heterocycles. The van der Waals surface area contributed by atoms with Crippen molar-refractivity contribution in [2.24, 2.45) is 28.3 Å². The molecule has 2 aromatic rings. The average Bonchev–Trinajstić information content (AvgIpc) is 3.08. The highest BCUT2D eigenvalue weighted by Gasteiger charge is 2.42. The van der Waals surface area contributed by atoms with Crippen molar-refractivity contribution >= 4 is 56.9 Å². The molecule has 0 spiro atoms. The van der Waals surface area contributed by atoms with Crippen LogP contribution < -0.4 is 16.8 Å². The molecule has 0 radical (unpaired) electrons. The normalized spacial score (nSPS) is 22.5. The summed E-state index contributed by atoms with van der Waals surface area (Å²) in [7, 11) is 0. The maximum atomic E-state index is 13.0. The second kappa shape index (κ2) is 9.39. The number of carbonyl (C=O) groups excluding carboxylic acids is 1. The lowest BCUT2D eigenvalue weighted by Crippen LogP contribution is -2.35. The summed E-state index contributed by atoms with van der Waals surface area (Å²) < 4.78 is 1.04. The van der Waals surface area contributed by atoms with E-state index in [1.165, 1.54) is 17.3 Å². The number of aliphatic imine (C=N–C) groups is 1. The summed E-state index contributed by atoms with van der Waals surface area (Å²) in [6, 6.07) is 18.0. The number of nitrogens with two attached hydrogens (primary N) is 2. The van der Waals surface area contributed by atoms with Gasteiger partial charge in [-0.1, -0.05) is 52.0 Å². The molecule has 31 heavy (non-hydrogen) atoms. The number of fused-ring (bicyclic) bond motifs is 1. The zero-order chi connectivity index (χ0) is 22.0. The van der Waals surface area contributed by atoms with Gasteiger partial charge in [0.2, 0.25) is 0 Å². The Bertz CT molecular complexity index is 1130. The minimum atomic E-state index is -0.460. The predicted octanol–water partition coefficient (Wildman–Crippen LogP) is 4.44. The van der Waals surface area contributed by atoms with Gasteiger partial charge in [0.25, 0.3) is 5.91 Å². The summed E-state index contributed by atoms with van der Waals surface area (Å²) >= 11 is 6.47. The van der Waals surface area contributed by atoms with Gasteiger partial charge in [-0.15, -0.1) is 11.8 Å². The Morgan fingerprint density at radius 2 is 2.10 bits per heavy atom. The molecule has 4 rings (SSSR count). The van der Waals surface area contributed by atoms with Gasteiger partial charge in [-0.2, -0.15) is 5.26 Å². The van der Waals surface area contributed by atoms with Gasteiger partial charge in [0.15, 0.2) is 0 Å². The van der Waals surface area contributed by atoms with Crippen molar-refractivity contribution in [2.45, 2.75) is 22.4 Å². The number of nitrogens with zero attached hydrogens (tertiary/aromatic N) is 2. The van der Waals surface area contributed by atoms with Gasteiger partial charge < -0.3 is 16.8 Å². The van der Waals surface area contributed by atoms with Gasteiger partial charge in [0, 0.05) is 26.7 Å². The Morgan fingerprint density at radius 1 is 1.29 bits per heavy atom. The quantitative estimate of drug-likeness (QED) is 0.508. The van der Waals surface area contributed by atoms with E-state index in [1.807, 2.05) is 36.4 Å². The fraction of sp³-hybridized carbons (Fsp3) is 0.227. The van der Waals surface area contributed by atoms with E-state index in [1.54, 1.807) is 11.8 Å². The van der Waals surface area contributed by atoms with Crippen LogP contribution in [0.1, 0.15) is 12.0 Å². The minimum absolute atomic E-state index is 0.149. The number of nitriles is 1. The zero-order valence-electron chi connectivity index (χ0n) is 16.4. The number of rotatable bonds is 5. The van der Waals surface area contributed by atoms with Crippen LogP contribution in [0, 0.1) is 23.2 Å². The molecule has 0 saturated heterocycles. The van der Waals surface area contributed by atoms with Crippen LogP contribution >= 0.6 is 39.5 Å². The van der Waals surface area contributed by atoms with E-state index in [9.17, 15) is 10.1 Å². The van der Waals surface area contributed by atoms with Gasteiger partial charge in [0.05, 0.1) is 16.7 Å². The Kier molecular flexibility index (Phi) is 6.60. The summed E-state index contributed by atoms with van der Waals surface area (Å²) in [5.74, 6) is 0.232. The molecule has 9 heteroatoms. The first kappa shape index (κ1) is 21.8. The van der Waals surface area contributed by atoms with E-state index >= 15 is 0 Å². The number of benzene rings is 2. The molecule has 0 fully saturated rings. The van der Waals surface area contributed by atoms with Gasteiger partial charge in [-0.3, -0.25) is 9.79 Å². The molecular formula is C22H20BrN5OS2. The molecule has 158 valence electrons. The van der Waals surface area contributed by atoms with Crippen molar-refractivity contribution in [1.29, 1.82) is 5.26 Å². The lowest BCUT2D eigenvalue weighted by molar-refractivity contribution is -0.112. The van der Waals surface area contributed by atoms with E-state index < -0.39 is 5.92 Å². The molecule has 0 aromatic heterocycles. The largest absolute Gasteiger partial charge is 0.401 e. The number of hydrogen-bond donors (Lipinski definition) is 3. The Hall–Kier alpha value is -2.41. The van der Waals surface area contributed by atoms with E-state index in [0.29, 0.717) is 22.9 Å². The molecule has 0 saturated carbocycles. The number of hydrogen-bond acceptors (Lipinski definition) is 7. The van der Waals surface area contributed by atoms with Crippen molar-refractivity contribution in [3.63, 3.8) is 0 Å². The maximum absolute atomic E-state index is 13.0. The fourth-order valence-electron chi connectivity index (χ4n) is 3.53. The highest BCUT2D eigenvalue weighted by atomic mass is 79.9. The molecule has 0 bridgehead atoms. The number of para-hydroxylation sites is 1. The summed E-state index contributed by atoms with van der Waals surface area (Å²) in [5.41, 5.74) is 14.6. The third-order valence-corrected chi connectivity index (χ3v) is 8.12. The smallest absolute Gasteiger partial charge is 0.263 e. The van der Waals surface area contributed by atoms with E-state index in [0.717, 1.165) is 20.8 Å². The first-order valence-electron chi connectivity index (χ1n) is 9.63. The second-order valence-electron chi connectivity index (χ2n) is 7.24. The summed E-state index contributed by atoms with van der Waals surface area (Å²) in [5, 5.41) is 12.0. The van der Waals surface area contributed by atoms with Crippen LogP contribution in [0.2, 0.25) is 0 Å². The standard InChI is InChI=1S/C22H20BrN5OS2/c23-14-5-3-4-12(8-14)11-30-17-7-2-1-6-16(17)27-21(29)19-18(25)15-9-13(10-24)20(26)28-22(15)31-19/h1-8,13,15,22H,9,11,25H2,(H2,26,28)(H,27,29). The van der Waals surface area contributed by atoms with E-state index in [2.05, 4.69) is 44.4 Å². The van der Waals surface area contributed by atoms with E-state index in [4.69, 9.17) is 11.5 Å². The zero-order valence-corrected chi connectivity index (χ0v) is 19.6. The molecule has 2 aromatic carbocycles. The molecule has 6 nitrogen and oxygen atoms in total. The van der Waals surface area contributed by atoms with Crippen molar-refractivity contribution in [3.8, 4) is 6.07 Å². The SMILES string of the molecule is N#CC1CC2C(N)=C(C(=O)Nc3ccccc3SCc3cccc(Br)c3)SC2N=C1N. The lowest BCUT2D eigenvalue weighted by Gasteiger charge is -2.25. The van der Waals surface area contributed by atoms with Gasteiger partial charge in [-0.05, 0) is 36.2 Å². The lowest BCUT2D eigenvalue weighted by atomic mass is 9.89. The molecular weight excluding hydrogens is 494 g/mol. The number of halogens is 1. The van der Waals surface area contributed by atoms with Gasteiger partial charge in [0.1, 0.15) is 17.1 Å². The van der Waals surface area contributed by atoms with Crippen molar-refractivity contribution in [3.05, 3.63) is 69.2 Å². The third kappa shape index (κ3) is 4.76. The van der Waals surface area contributed by atoms with Crippen molar-refractivity contribution < 1.29 is 4.79 Å². The molecule has 5 N–H and O–H groups in total. The van der Waals surface area contributed by atoms with Crippen LogP contribution in [-0.4, -0.2) is 17.1 Å². The van der Waals surface area contributed by atoms with Crippen LogP contribution in [0.25, 0.3) is 0 Å². The number of carbonyl (C=O) groups is 1. The number of anilines is 1. The average molecular weight is 514 g/mol. The molecule has 0 aliphatic carbocycles. The van der Waals surface area contributed by atoms with Gasteiger partial charge in [-0.25, -0.2) is 0 Å². The Morgan fingerprint density at radius 3 is 2.87 bits per heavy atom. The maximum Gasteiger partial charge on any atom is 0.263 e. The Balaban J connectivity index is 1.48. The Labute approximate surface area is 197 Å². The number of amides is 1. The number of nitrogens with one attached hydrogen (secondary N) is 1. The highest BCUT2D eigenvalue weighted by Crippen LogP contribution is 2.46. The van der Waals surface area contributed by atoms with Crippen LogP contribution in [0.3, 0.4) is 0 Å². The van der Waals surface area contributed by atoms with Crippen molar-refractivity contribution in [2.75, 3.05) is 5.32 Å². The van der Waals surface area contributed by atoms with Gasteiger partial charge >= 0.3 is 0 Å².